The van der Waals surface area contributed by atoms with Gasteiger partial charge in [-0.15, -0.1) is 5.11 Å². The number of esters is 2. The molecule has 9 nitrogen and oxygen atoms in total. The Morgan fingerprint density at radius 2 is 1.74 bits per heavy atom. The predicted octanol–water partition coefficient (Wildman–Crippen LogP) is 2.45. The highest BCUT2D eigenvalue weighted by Crippen LogP contribution is 2.14. The average molecular weight is 323 g/mol. The molecule has 0 atom stereocenters. The summed E-state index contributed by atoms with van der Waals surface area (Å²) >= 11 is 0. The van der Waals surface area contributed by atoms with Crippen molar-refractivity contribution >= 4 is 23.7 Å². The van der Waals surface area contributed by atoms with Gasteiger partial charge in [0, 0.05) is 14.0 Å². The number of benzene rings is 1. The Morgan fingerprint density at radius 1 is 1.09 bits per heavy atom. The molecule has 1 rings (SSSR count). The van der Waals surface area contributed by atoms with Gasteiger partial charge in [0.15, 0.2) is 0 Å². The molecule has 124 valence electrons. The van der Waals surface area contributed by atoms with E-state index in [0.29, 0.717) is 17.9 Å². The fraction of sp³-hybridized carbons (Fsp3) is 0.357. The molecule has 0 aromatic heterocycles. The van der Waals surface area contributed by atoms with Crippen LogP contribution in [0.15, 0.2) is 34.6 Å². The number of carbonyl (C=O) groups excluding carboxylic acids is 3. The van der Waals surface area contributed by atoms with Gasteiger partial charge >= 0.3 is 18.0 Å². The molecule has 0 bridgehead atoms. The maximum Gasteiger partial charge on any atom is 0.434 e. The summed E-state index contributed by atoms with van der Waals surface area (Å²) in [6.45, 7) is 2.71. The predicted molar refractivity (Wildman–Crippen MR) is 77.8 cm³/mol. The minimum absolute atomic E-state index is 0.292. The summed E-state index contributed by atoms with van der Waals surface area (Å²) in [6, 6.07) is 6.16. The van der Waals surface area contributed by atoms with Crippen molar-refractivity contribution in [2.45, 2.75) is 13.8 Å². The Bertz CT molecular complexity index is 585. The number of ether oxygens (including phenoxy) is 3. The lowest BCUT2D eigenvalue weighted by molar-refractivity contribution is -0.149. The molecule has 1 aromatic rings. The van der Waals surface area contributed by atoms with Gasteiger partial charge in [-0.3, -0.25) is 4.79 Å². The molecule has 0 heterocycles. The highest BCUT2D eigenvalue weighted by atomic mass is 16.7. The third-order valence-electron chi connectivity index (χ3n) is 2.38. The van der Waals surface area contributed by atoms with E-state index in [1.54, 1.807) is 19.1 Å². The fourth-order valence-electron chi connectivity index (χ4n) is 1.29. The van der Waals surface area contributed by atoms with Crippen molar-refractivity contribution in [3.05, 3.63) is 29.8 Å². The lowest BCUT2D eigenvalue weighted by Crippen LogP contribution is -2.23. The molecule has 0 aliphatic heterocycles. The van der Waals surface area contributed by atoms with Crippen molar-refractivity contribution in [3.8, 4) is 0 Å². The maximum absolute atomic E-state index is 11.5. The van der Waals surface area contributed by atoms with E-state index < -0.39 is 24.8 Å². The van der Waals surface area contributed by atoms with E-state index in [4.69, 9.17) is 4.74 Å². The van der Waals surface area contributed by atoms with Crippen LogP contribution in [-0.2, 0) is 19.0 Å². The largest absolute Gasteiger partial charge is 0.462 e. The van der Waals surface area contributed by atoms with Crippen molar-refractivity contribution in [2.24, 2.45) is 10.3 Å². The molecule has 23 heavy (non-hydrogen) atoms. The molecule has 1 amide bonds. The van der Waals surface area contributed by atoms with Crippen LogP contribution in [0, 0.1) is 0 Å². The molecule has 0 fully saturated rings. The smallest absolute Gasteiger partial charge is 0.434 e. The van der Waals surface area contributed by atoms with E-state index in [2.05, 4.69) is 19.8 Å². The monoisotopic (exact) mass is 323 g/mol. The Morgan fingerprint density at radius 3 is 2.30 bits per heavy atom. The van der Waals surface area contributed by atoms with Crippen molar-refractivity contribution in [1.82, 2.24) is 5.01 Å². The number of hydrogen-bond donors (Lipinski definition) is 0. The minimum Gasteiger partial charge on any atom is -0.462 e. The summed E-state index contributed by atoms with van der Waals surface area (Å²) in [5.41, 5.74) is 0.817. The van der Waals surface area contributed by atoms with Gasteiger partial charge in [-0.2, -0.15) is 5.01 Å². The van der Waals surface area contributed by atoms with Crippen molar-refractivity contribution in [3.63, 3.8) is 0 Å². The van der Waals surface area contributed by atoms with Gasteiger partial charge in [0.1, 0.15) is 0 Å². The molecule has 9 heteroatoms. The molecular formula is C14H17N3O6. The topological polar surface area (TPSA) is 107 Å². The summed E-state index contributed by atoms with van der Waals surface area (Å²) in [5.74, 6) is -0.995. The zero-order valence-corrected chi connectivity index (χ0v) is 13.0. The first-order valence-electron chi connectivity index (χ1n) is 6.66. The molecule has 0 aliphatic rings. The Hall–Kier alpha value is -2.97. The molecule has 0 aliphatic carbocycles. The van der Waals surface area contributed by atoms with Gasteiger partial charge in [-0.25, -0.2) is 9.59 Å². The van der Waals surface area contributed by atoms with E-state index in [-0.39, 0.29) is 0 Å². The van der Waals surface area contributed by atoms with Crippen LogP contribution < -0.4 is 0 Å². The first-order chi connectivity index (χ1) is 10.9. The van der Waals surface area contributed by atoms with Gasteiger partial charge in [0.2, 0.25) is 6.79 Å². The average Bonchev–Trinajstić information content (AvgIpc) is 2.52. The molecule has 0 saturated heterocycles. The molecule has 1 aromatic carbocycles. The lowest BCUT2D eigenvalue weighted by Gasteiger charge is -2.09. The molecule has 0 spiro atoms. The second kappa shape index (κ2) is 9.13. The zero-order valence-electron chi connectivity index (χ0n) is 13.0. The summed E-state index contributed by atoms with van der Waals surface area (Å²) in [7, 11) is 1.33. The SMILES string of the molecule is CCOC(=O)c1ccc(N=NN(C)C(=O)OCOC(C)=O)cc1. The Kier molecular flexibility index (Phi) is 7.18. The summed E-state index contributed by atoms with van der Waals surface area (Å²) in [5, 5.41) is 8.27. The lowest BCUT2D eigenvalue weighted by atomic mass is 10.2. The quantitative estimate of drug-likeness (QED) is 0.344. The Labute approximate surface area is 132 Å². The second-order valence-electron chi connectivity index (χ2n) is 4.14. The van der Waals surface area contributed by atoms with E-state index in [0.717, 1.165) is 5.01 Å². The molecule has 0 radical (unpaired) electrons. The van der Waals surface area contributed by atoms with E-state index >= 15 is 0 Å². The fourth-order valence-corrected chi connectivity index (χ4v) is 1.29. The third kappa shape index (κ3) is 6.55. The molecular weight excluding hydrogens is 306 g/mol. The van der Waals surface area contributed by atoms with Crippen LogP contribution in [0.5, 0.6) is 0 Å². The second-order valence-corrected chi connectivity index (χ2v) is 4.14. The highest BCUT2D eigenvalue weighted by molar-refractivity contribution is 5.89. The van der Waals surface area contributed by atoms with Crippen molar-refractivity contribution in [1.29, 1.82) is 0 Å². The van der Waals surface area contributed by atoms with Gasteiger partial charge < -0.3 is 14.2 Å². The van der Waals surface area contributed by atoms with E-state index in [1.165, 1.54) is 26.1 Å². The first-order valence-corrected chi connectivity index (χ1v) is 6.66. The summed E-state index contributed by atoms with van der Waals surface area (Å²) < 4.78 is 13.9. The van der Waals surface area contributed by atoms with Gasteiger partial charge in [-0.05, 0) is 31.2 Å². The van der Waals surface area contributed by atoms with Crippen LogP contribution in [0.1, 0.15) is 24.2 Å². The maximum atomic E-state index is 11.5. The van der Waals surface area contributed by atoms with Crippen LogP contribution >= 0.6 is 0 Å². The zero-order chi connectivity index (χ0) is 17.2. The minimum atomic E-state index is -0.835. The van der Waals surface area contributed by atoms with E-state index in [9.17, 15) is 14.4 Å². The van der Waals surface area contributed by atoms with Crippen LogP contribution in [0.25, 0.3) is 0 Å². The van der Waals surface area contributed by atoms with Crippen molar-refractivity contribution < 1.29 is 28.6 Å². The van der Waals surface area contributed by atoms with Gasteiger partial charge in [-0.1, -0.05) is 5.22 Å². The number of rotatable bonds is 6. The number of carbonyl (C=O) groups is 3. The van der Waals surface area contributed by atoms with Gasteiger partial charge in [0.05, 0.1) is 17.9 Å². The third-order valence-corrected chi connectivity index (χ3v) is 2.38. The normalized spacial score (nSPS) is 10.2. The van der Waals surface area contributed by atoms with Crippen LogP contribution in [0.4, 0.5) is 10.5 Å². The van der Waals surface area contributed by atoms with Gasteiger partial charge in [0.25, 0.3) is 0 Å². The Balaban J connectivity index is 2.54. The standard InChI is InChI=1S/C14H17N3O6/c1-4-21-13(19)11-5-7-12(8-6-11)15-16-17(3)14(20)23-9-22-10(2)18/h5-8H,4,9H2,1-3H3. The number of amides is 1. The van der Waals surface area contributed by atoms with Crippen molar-refractivity contribution in [2.75, 3.05) is 20.4 Å². The highest BCUT2D eigenvalue weighted by Gasteiger charge is 2.10. The number of nitrogens with zero attached hydrogens (tertiary/aromatic N) is 3. The molecule has 0 unspecified atom stereocenters. The first kappa shape index (κ1) is 18.1. The molecule has 0 N–H and O–H groups in total. The van der Waals surface area contributed by atoms with Crippen LogP contribution in [-0.4, -0.2) is 43.5 Å². The summed E-state index contributed by atoms with van der Waals surface area (Å²) in [4.78, 5) is 33.5. The van der Waals surface area contributed by atoms with Crippen LogP contribution in [0.3, 0.4) is 0 Å². The van der Waals surface area contributed by atoms with E-state index in [1.807, 2.05) is 0 Å². The van der Waals surface area contributed by atoms with Crippen LogP contribution in [0.2, 0.25) is 0 Å². The molecule has 0 saturated carbocycles. The number of hydrogen-bond acceptors (Lipinski definition) is 8. The summed E-state index contributed by atoms with van der Waals surface area (Å²) in [6.07, 6.45) is -0.835.